The highest BCUT2D eigenvalue weighted by atomic mass is 31.2. The first kappa shape index (κ1) is 40.7. The molecule has 3 aromatic carbocycles. The number of fused-ring (bicyclic) bond motifs is 1. The van der Waals surface area contributed by atoms with Gasteiger partial charge in [0.25, 0.3) is 5.91 Å². The zero-order valence-electron chi connectivity index (χ0n) is 29.9. The van der Waals surface area contributed by atoms with E-state index < -0.39 is 37.3 Å². The van der Waals surface area contributed by atoms with Crippen LogP contribution in [0, 0.1) is 25.1 Å². The number of carbonyl (C=O) groups excluding carboxylic acids is 3. The van der Waals surface area contributed by atoms with Crippen LogP contribution in [0.4, 0.5) is 17.3 Å². The first-order valence-electron chi connectivity index (χ1n) is 16.7. The van der Waals surface area contributed by atoms with Gasteiger partial charge < -0.3 is 39.8 Å². The maximum absolute atomic E-state index is 13.2. The summed E-state index contributed by atoms with van der Waals surface area (Å²) < 4.78 is 31.9. The summed E-state index contributed by atoms with van der Waals surface area (Å²) in [5, 5.41) is 17.5. The van der Waals surface area contributed by atoms with E-state index >= 15 is 0 Å². The number of esters is 1. The maximum atomic E-state index is 13.2. The van der Waals surface area contributed by atoms with Crippen LogP contribution in [0.5, 0.6) is 5.75 Å². The molecule has 57 heavy (non-hydrogen) atoms. The van der Waals surface area contributed by atoms with Gasteiger partial charge in [-0.2, -0.15) is 4.98 Å². The van der Waals surface area contributed by atoms with Gasteiger partial charge in [0.2, 0.25) is 5.95 Å². The number of terminal acetylenes is 2. The number of benzene rings is 3. The van der Waals surface area contributed by atoms with Gasteiger partial charge in [0.1, 0.15) is 18.0 Å². The average molecular weight is 794 g/mol. The number of aromatic amines is 1. The van der Waals surface area contributed by atoms with E-state index in [4.69, 9.17) is 27.2 Å². The lowest BCUT2D eigenvalue weighted by atomic mass is 10.1. The molecule has 0 saturated carbocycles. The number of aromatic nitrogens is 4. The molecule has 18 nitrogen and oxygen atoms in total. The van der Waals surface area contributed by atoms with Gasteiger partial charge in [-0.1, -0.05) is 37.1 Å². The van der Waals surface area contributed by atoms with Crippen LogP contribution < -0.4 is 26.2 Å². The SMILES string of the molecule is C#COP(=O)(OC#C)OCc1ccc(OC(=O)c2ccccc2Nc2nc(=O)c3nc(CNc4ccc(C(=O)N[C@@H](CCC(=O)O)C(C)=O)cc4)cnc3[nH]2)cc1. The number of ether oxygens (including phenoxy) is 1. The molecule has 0 bridgehead atoms. The van der Waals surface area contributed by atoms with Crippen molar-refractivity contribution >= 4 is 59.9 Å². The summed E-state index contributed by atoms with van der Waals surface area (Å²) in [7, 11) is -4.17. The first-order chi connectivity index (χ1) is 27.4. The molecular formula is C38H32N7O11P. The Morgan fingerprint density at radius 1 is 0.965 bits per heavy atom. The molecule has 0 aliphatic rings. The molecule has 19 heteroatoms. The van der Waals surface area contributed by atoms with Crippen molar-refractivity contribution in [2.75, 3.05) is 10.6 Å². The normalized spacial score (nSPS) is 11.3. The van der Waals surface area contributed by atoms with Gasteiger partial charge in [0.15, 0.2) is 16.9 Å². The largest absolute Gasteiger partial charge is 0.605 e. The molecule has 0 spiro atoms. The van der Waals surface area contributed by atoms with Crippen LogP contribution >= 0.6 is 7.82 Å². The molecule has 2 aromatic heterocycles. The van der Waals surface area contributed by atoms with E-state index in [9.17, 15) is 28.5 Å². The fourth-order valence-electron chi connectivity index (χ4n) is 4.99. The van der Waals surface area contributed by atoms with Crippen LogP contribution in [-0.2, 0) is 40.9 Å². The summed E-state index contributed by atoms with van der Waals surface area (Å²) >= 11 is 0. The molecule has 1 atom stereocenters. The Labute approximate surface area is 324 Å². The smallest absolute Gasteiger partial charge is 0.481 e. The molecule has 0 saturated heterocycles. The van der Waals surface area contributed by atoms with Crippen molar-refractivity contribution in [1.82, 2.24) is 25.3 Å². The van der Waals surface area contributed by atoms with Crippen molar-refractivity contribution in [3.05, 3.63) is 112 Å². The fourth-order valence-corrected chi connectivity index (χ4v) is 5.70. The average Bonchev–Trinajstić information content (AvgIpc) is 3.19. The van der Waals surface area contributed by atoms with Gasteiger partial charge >= 0.3 is 25.3 Å². The van der Waals surface area contributed by atoms with Gasteiger partial charge in [-0.15, -0.1) is 0 Å². The van der Waals surface area contributed by atoms with Crippen LogP contribution in [0.1, 0.15) is 51.7 Å². The molecule has 0 radical (unpaired) electrons. The van der Waals surface area contributed by atoms with Crippen LogP contribution in [0.3, 0.4) is 0 Å². The van der Waals surface area contributed by atoms with Crippen LogP contribution in [0.15, 0.2) is 83.8 Å². The summed E-state index contributed by atoms with van der Waals surface area (Å²) in [4.78, 5) is 77.2. The van der Waals surface area contributed by atoms with Crippen molar-refractivity contribution < 1.29 is 47.2 Å². The monoisotopic (exact) mass is 793 g/mol. The van der Waals surface area contributed by atoms with Crippen molar-refractivity contribution in [1.29, 1.82) is 0 Å². The molecule has 0 aliphatic heterocycles. The number of amides is 1. The van der Waals surface area contributed by atoms with E-state index in [0.29, 0.717) is 16.9 Å². The quantitative estimate of drug-likeness (QED) is 0.0350. The summed E-state index contributed by atoms with van der Waals surface area (Å²) in [5.74, 6) is -2.52. The lowest BCUT2D eigenvalue weighted by Gasteiger charge is -2.15. The standard InChI is InChI=1S/C38H32N7O11P/c1-4-53-57(52,54-5-2)55-22-24-10-16-28(17-11-24)56-37(51)29-8-6-7-9-31(29)43-38-44-34-33(36(50)45-38)41-27(21-40-34)20-39-26-14-12-25(13-15-26)35(49)42-30(23(3)46)18-19-32(47)48/h1-2,6-17,21,30,39H,18-20,22H2,3H3,(H,42,49)(H,47,48)(H2,40,43,44,45,50)/t30-/m0/s1. The minimum Gasteiger partial charge on any atom is -0.481 e. The number of carbonyl (C=O) groups is 4. The van der Waals surface area contributed by atoms with Gasteiger partial charge in [-0.3, -0.25) is 23.7 Å². The number of H-pyrrole nitrogens is 1. The van der Waals surface area contributed by atoms with E-state index in [1.807, 2.05) is 0 Å². The molecule has 290 valence electrons. The summed E-state index contributed by atoms with van der Waals surface area (Å²) in [6, 6.07) is 17.8. The third kappa shape index (κ3) is 11.2. The highest BCUT2D eigenvalue weighted by Crippen LogP contribution is 2.49. The summed E-state index contributed by atoms with van der Waals surface area (Å²) in [6.45, 7) is 1.20. The van der Waals surface area contributed by atoms with Crippen LogP contribution in [0.2, 0.25) is 0 Å². The second-order valence-electron chi connectivity index (χ2n) is 11.8. The number of rotatable bonds is 18. The highest BCUT2D eigenvalue weighted by Gasteiger charge is 2.29. The number of aliphatic carboxylic acids is 1. The Morgan fingerprint density at radius 3 is 2.33 bits per heavy atom. The molecule has 2 heterocycles. The van der Waals surface area contributed by atoms with Gasteiger partial charge in [-0.25, -0.2) is 19.3 Å². The Morgan fingerprint density at radius 2 is 1.67 bits per heavy atom. The first-order valence-corrected chi connectivity index (χ1v) is 18.2. The number of anilines is 3. The highest BCUT2D eigenvalue weighted by molar-refractivity contribution is 7.48. The number of phosphoric acid groups is 1. The van der Waals surface area contributed by atoms with E-state index in [1.54, 1.807) is 54.7 Å². The van der Waals surface area contributed by atoms with Crippen molar-refractivity contribution in [3.8, 4) is 30.8 Å². The van der Waals surface area contributed by atoms with Gasteiger partial charge in [0.05, 0.1) is 42.3 Å². The topological polar surface area (TPSA) is 250 Å². The molecule has 5 N–H and O–H groups in total. The van der Waals surface area contributed by atoms with E-state index in [0.717, 1.165) is 0 Å². The number of Topliss-reactive ketones (excluding diaryl/α,β-unsaturated/α-hetero) is 1. The van der Waals surface area contributed by atoms with E-state index in [2.05, 4.69) is 44.9 Å². The number of carboxylic acids is 1. The van der Waals surface area contributed by atoms with Crippen molar-refractivity contribution in [2.24, 2.45) is 0 Å². The fraction of sp³-hybridized carbons (Fsp3) is 0.158. The van der Waals surface area contributed by atoms with E-state index in [1.165, 1.54) is 43.5 Å². The predicted octanol–water partition coefficient (Wildman–Crippen LogP) is 4.68. The number of hydrogen-bond donors (Lipinski definition) is 5. The second kappa shape index (κ2) is 18.7. The van der Waals surface area contributed by atoms with E-state index in [-0.39, 0.29) is 71.5 Å². The summed E-state index contributed by atoms with van der Waals surface area (Å²) in [5.41, 5.74) is 1.57. The molecule has 0 fully saturated rings. The second-order valence-corrected chi connectivity index (χ2v) is 13.3. The Hall–Kier alpha value is -7.53. The lowest BCUT2D eigenvalue weighted by molar-refractivity contribution is -0.137. The van der Waals surface area contributed by atoms with Crippen LogP contribution in [0.25, 0.3) is 11.2 Å². The molecule has 0 unspecified atom stereocenters. The Balaban J connectivity index is 1.19. The van der Waals surface area contributed by atoms with Gasteiger partial charge in [-0.05, 0) is 67.4 Å². The minimum absolute atomic E-state index is 0.0159. The zero-order valence-corrected chi connectivity index (χ0v) is 30.8. The van der Waals surface area contributed by atoms with Crippen LogP contribution in [-0.4, -0.2) is 54.7 Å². The van der Waals surface area contributed by atoms with Gasteiger partial charge in [0, 0.05) is 17.7 Å². The molecule has 1 amide bonds. The lowest BCUT2D eigenvalue weighted by Crippen LogP contribution is -2.40. The molecule has 5 aromatic rings. The molecule has 5 rings (SSSR count). The Bertz CT molecular complexity index is 2480. The number of hydrogen-bond acceptors (Lipinski definition) is 15. The number of phosphoric ester groups is 1. The number of nitrogens with one attached hydrogen (secondary N) is 4. The summed E-state index contributed by atoms with van der Waals surface area (Å²) in [6.07, 6.45) is 14.6. The third-order valence-corrected chi connectivity index (χ3v) is 8.89. The minimum atomic E-state index is -4.17. The molecular weight excluding hydrogens is 761 g/mol. The number of carboxylic acid groups (broad SMARTS) is 1. The maximum Gasteiger partial charge on any atom is 0.605 e. The third-order valence-electron chi connectivity index (χ3n) is 7.79. The Kier molecular flexibility index (Phi) is 13.3. The zero-order chi connectivity index (χ0) is 41.0. The van der Waals surface area contributed by atoms with Crippen molar-refractivity contribution in [2.45, 2.75) is 39.0 Å². The predicted molar refractivity (Wildman–Crippen MR) is 204 cm³/mol. The number of ketones is 1. The number of para-hydroxylation sites is 1. The number of nitrogens with zero attached hydrogens (tertiary/aromatic N) is 3. The van der Waals surface area contributed by atoms with Crippen molar-refractivity contribution in [3.63, 3.8) is 0 Å². The molecule has 0 aliphatic carbocycles.